The van der Waals surface area contributed by atoms with Crippen LogP contribution < -0.4 is 0 Å². The van der Waals surface area contributed by atoms with Crippen LogP contribution in [-0.4, -0.2) is 29.9 Å². The van der Waals surface area contributed by atoms with Gasteiger partial charge in [0.25, 0.3) is 0 Å². The van der Waals surface area contributed by atoms with Gasteiger partial charge in [-0.2, -0.15) is 0 Å². The third-order valence-corrected chi connectivity index (χ3v) is 5.00. The molecule has 0 spiro atoms. The lowest BCUT2D eigenvalue weighted by Crippen LogP contribution is -2.37. The van der Waals surface area contributed by atoms with Crippen molar-refractivity contribution in [2.75, 3.05) is 13.6 Å². The van der Waals surface area contributed by atoms with Crippen molar-refractivity contribution in [2.24, 2.45) is 11.1 Å². The molecule has 1 heterocycles. The summed E-state index contributed by atoms with van der Waals surface area (Å²) in [6, 6.07) is 7.05. The largest absolute Gasteiger partial charge is 0.411 e. The number of rotatable bonds is 2. The Morgan fingerprint density at radius 2 is 2.05 bits per heavy atom. The summed E-state index contributed by atoms with van der Waals surface area (Å²) in [5, 5.41) is 11.9. The van der Waals surface area contributed by atoms with E-state index in [9.17, 15) is 0 Å². The van der Waals surface area contributed by atoms with Crippen molar-refractivity contribution >= 4 is 6.21 Å². The highest BCUT2D eigenvalue weighted by atomic mass is 16.4. The Balaban J connectivity index is 1.95. The van der Waals surface area contributed by atoms with Crippen LogP contribution in [-0.2, 0) is 6.42 Å². The molecule has 1 aromatic rings. The van der Waals surface area contributed by atoms with E-state index < -0.39 is 0 Å². The normalized spacial score (nSPS) is 24.9. The standard InChI is InChI=1S/C17H24N2O/c1-19-10-9-14-8-7-13(12-18-20)11-16(14)17(19)15-5-3-2-4-6-15/h7-8,11-12,15,17,20H,2-6,9-10H2,1H3/b18-12+. The summed E-state index contributed by atoms with van der Waals surface area (Å²) in [5.74, 6) is 0.786. The summed E-state index contributed by atoms with van der Waals surface area (Å²) in [6.45, 7) is 1.15. The Hall–Kier alpha value is -1.35. The van der Waals surface area contributed by atoms with Crippen LogP contribution in [0.2, 0.25) is 0 Å². The quantitative estimate of drug-likeness (QED) is 0.507. The summed E-state index contributed by atoms with van der Waals surface area (Å²) >= 11 is 0. The average molecular weight is 272 g/mol. The molecule has 0 aromatic heterocycles. The van der Waals surface area contributed by atoms with Crippen molar-refractivity contribution in [1.29, 1.82) is 0 Å². The molecular weight excluding hydrogens is 248 g/mol. The second-order valence-electron chi connectivity index (χ2n) is 6.28. The molecule has 108 valence electrons. The summed E-state index contributed by atoms with van der Waals surface area (Å²) < 4.78 is 0. The third-order valence-electron chi connectivity index (χ3n) is 5.00. The van der Waals surface area contributed by atoms with E-state index in [1.54, 1.807) is 0 Å². The topological polar surface area (TPSA) is 35.8 Å². The van der Waals surface area contributed by atoms with Crippen molar-refractivity contribution in [2.45, 2.75) is 44.6 Å². The van der Waals surface area contributed by atoms with E-state index in [0.29, 0.717) is 6.04 Å². The summed E-state index contributed by atoms with van der Waals surface area (Å²) in [4.78, 5) is 2.53. The van der Waals surface area contributed by atoms with E-state index in [1.807, 2.05) is 0 Å². The van der Waals surface area contributed by atoms with Crippen molar-refractivity contribution in [1.82, 2.24) is 4.90 Å². The van der Waals surface area contributed by atoms with Gasteiger partial charge in [0.15, 0.2) is 0 Å². The Morgan fingerprint density at radius 1 is 1.25 bits per heavy atom. The van der Waals surface area contributed by atoms with Crippen LogP contribution in [0.25, 0.3) is 0 Å². The second-order valence-corrected chi connectivity index (χ2v) is 6.28. The molecule has 1 aliphatic heterocycles. The zero-order valence-electron chi connectivity index (χ0n) is 12.3. The number of hydrogen-bond donors (Lipinski definition) is 1. The highest BCUT2D eigenvalue weighted by Crippen LogP contribution is 2.41. The maximum absolute atomic E-state index is 8.75. The smallest absolute Gasteiger partial charge is 0.0733 e. The Labute approximate surface area is 121 Å². The van der Waals surface area contributed by atoms with E-state index in [4.69, 9.17) is 5.21 Å². The maximum Gasteiger partial charge on any atom is 0.0733 e. The fraction of sp³-hybridized carbons (Fsp3) is 0.588. The molecule has 0 saturated heterocycles. The fourth-order valence-corrected chi connectivity index (χ4v) is 4.00. The number of nitrogens with zero attached hydrogens (tertiary/aromatic N) is 2. The molecule has 2 aliphatic rings. The first-order valence-corrected chi connectivity index (χ1v) is 7.80. The lowest BCUT2D eigenvalue weighted by molar-refractivity contribution is 0.134. The first-order chi connectivity index (χ1) is 9.79. The highest BCUT2D eigenvalue weighted by molar-refractivity contribution is 5.79. The van der Waals surface area contributed by atoms with Crippen LogP contribution in [0.1, 0.15) is 54.8 Å². The van der Waals surface area contributed by atoms with Crippen molar-refractivity contribution in [3.63, 3.8) is 0 Å². The second kappa shape index (κ2) is 5.96. The minimum Gasteiger partial charge on any atom is -0.411 e. The van der Waals surface area contributed by atoms with Crippen LogP contribution in [0.15, 0.2) is 23.4 Å². The molecule has 1 atom stereocenters. The minimum atomic E-state index is 0.547. The SMILES string of the molecule is CN1CCc2ccc(/C=N/O)cc2C1C1CCCCC1. The predicted molar refractivity (Wildman–Crippen MR) is 81.5 cm³/mol. The fourth-order valence-electron chi connectivity index (χ4n) is 4.00. The number of fused-ring (bicyclic) bond motifs is 1. The third kappa shape index (κ3) is 2.59. The van der Waals surface area contributed by atoms with Crippen LogP contribution in [0.4, 0.5) is 0 Å². The van der Waals surface area contributed by atoms with Gasteiger partial charge in [-0.3, -0.25) is 4.90 Å². The molecule has 3 nitrogen and oxygen atoms in total. The summed E-state index contributed by atoms with van der Waals surface area (Å²) in [6.07, 6.45) is 9.53. The number of oxime groups is 1. The zero-order valence-corrected chi connectivity index (χ0v) is 12.3. The maximum atomic E-state index is 8.75. The molecule has 0 amide bonds. The molecule has 0 bridgehead atoms. The van der Waals surface area contributed by atoms with Gasteiger partial charge in [0.2, 0.25) is 0 Å². The average Bonchev–Trinajstić information content (AvgIpc) is 2.48. The molecule has 3 rings (SSSR count). The lowest BCUT2D eigenvalue weighted by Gasteiger charge is -2.41. The first kappa shape index (κ1) is 13.6. The minimum absolute atomic E-state index is 0.547. The predicted octanol–water partition coefficient (Wildman–Crippen LogP) is 3.60. The Morgan fingerprint density at radius 3 is 2.80 bits per heavy atom. The first-order valence-electron chi connectivity index (χ1n) is 7.80. The number of likely N-dealkylation sites (N-methyl/N-ethyl adjacent to an activating group) is 1. The molecule has 1 N–H and O–H groups in total. The van der Waals surface area contributed by atoms with E-state index in [-0.39, 0.29) is 0 Å². The van der Waals surface area contributed by atoms with Crippen LogP contribution in [0, 0.1) is 5.92 Å². The van der Waals surface area contributed by atoms with Gasteiger partial charge in [0.05, 0.1) is 6.21 Å². The molecule has 20 heavy (non-hydrogen) atoms. The van der Waals surface area contributed by atoms with Crippen LogP contribution in [0.5, 0.6) is 0 Å². The zero-order chi connectivity index (χ0) is 13.9. The molecule has 0 radical (unpaired) electrons. The molecule has 1 aromatic carbocycles. The van der Waals surface area contributed by atoms with Gasteiger partial charge in [0, 0.05) is 12.6 Å². The van der Waals surface area contributed by atoms with Crippen LogP contribution in [0.3, 0.4) is 0 Å². The molecule has 3 heteroatoms. The van der Waals surface area contributed by atoms with E-state index in [0.717, 1.165) is 24.4 Å². The van der Waals surface area contributed by atoms with Gasteiger partial charge in [0.1, 0.15) is 0 Å². The van der Waals surface area contributed by atoms with Crippen molar-refractivity contribution < 1.29 is 5.21 Å². The van der Waals surface area contributed by atoms with E-state index >= 15 is 0 Å². The molecule has 1 fully saturated rings. The monoisotopic (exact) mass is 272 g/mol. The van der Waals surface area contributed by atoms with Crippen LogP contribution >= 0.6 is 0 Å². The van der Waals surface area contributed by atoms with Gasteiger partial charge in [-0.15, -0.1) is 0 Å². The molecule has 1 aliphatic carbocycles. The number of hydrogen-bond acceptors (Lipinski definition) is 3. The van der Waals surface area contributed by atoms with Gasteiger partial charge in [-0.05, 0) is 55.0 Å². The van der Waals surface area contributed by atoms with E-state index in [1.165, 1.54) is 49.4 Å². The Bertz CT molecular complexity index is 492. The van der Waals surface area contributed by atoms with Gasteiger partial charge < -0.3 is 5.21 Å². The van der Waals surface area contributed by atoms with Gasteiger partial charge in [-0.1, -0.05) is 36.6 Å². The highest BCUT2D eigenvalue weighted by Gasteiger charge is 2.32. The Kier molecular flexibility index (Phi) is 4.06. The molecular formula is C17H24N2O. The van der Waals surface area contributed by atoms with E-state index in [2.05, 4.69) is 35.3 Å². The van der Waals surface area contributed by atoms with Gasteiger partial charge >= 0.3 is 0 Å². The summed E-state index contributed by atoms with van der Waals surface area (Å²) in [5.41, 5.74) is 3.94. The molecule has 1 unspecified atom stereocenters. The van der Waals surface area contributed by atoms with Crippen molar-refractivity contribution in [3.05, 3.63) is 34.9 Å². The number of benzene rings is 1. The molecule has 1 saturated carbocycles. The lowest BCUT2D eigenvalue weighted by atomic mass is 9.77. The van der Waals surface area contributed by atoms with Gasteiger partial charge in [-0.25, -0.2) is 0 Å². The van der Waals surface area contributed by atoms with Crippen molar-refractivity contribution in [3.8, 4) is 0 Å². The summed E-state index contributed by atoms with van der Waals surface area (Å²) in [7, 11) is 2.26.